The Kier molecular flexibility index (Phi) is 4.04. The van der Waals surface area contributed by atoms with Crippen LogP contribution in [0.5, 0.6) is 0 Å². The number of benzene rings is 3. The first kappa shape index (κ1) is 14.6. The molecule has 0 N–H and O–H groups in total. The maximum atomic E-state index is 4.78. The first-order valence-corrected chi connectivity index (χ1v) is 8.48. The zero-order chi connectivity index (χ0) is 16.2. The predicted molar refractivity (Wildman–Crippen MR) is 98.5 cm³/mol. The Balaban J connectivity index is 1.96. The van der Waals surface area contributed by atoms with E-state index in [1.807, 2.05) is 66.7 Å². The van der Waals surface area contributed by atoms with Crippen LogP contribution in [-0.2, 0) is 0 Å². The van der Waals surface area contributed by atoms with Crippen LogP contribution in [0.3, 0.4) is 0 Å². The molecule has 4 heteroatoms. The third kappa shape index (κ3) is 2.92. The predicted octanol–water partition coefficient (Wildman–Crippen LogP) is 4.83. The standard InChI is InChI=1S/C20H15N3S/c1-4-10-16(11-5-1)19-22-24-20(21-17-12-6-2-7-13-17)23(19)18-14-8-3-9-15-18/h1-15H. The van der Waals surface area contributed by atoms with Gasteiger partial charge in [-0.15, -0.1) is 0 Å². The Morgan fingerprint density at radius 3 is 1.96 bits per heavy atom. The zero-order valence-electron chi connectivity index (χ0n) is 12.9. The fraction of sp³-hybridized carbons (Fsp3) is 0. The van der Waals surface area contributed by atoms with Crippen molar-refractivity contribution >= 4 is 17.2 Å². The molecule has 0 radical (unpaired) electrons. The lowest BCUT2D eigenvalue weighted by Gasteiger charge is -2.07. The fourth-order valence-electron chi connectivity index (χ4n) is 2.52. The topological polar surface area (TPSA) is 30.2 Å². The van der Waals surface area contributed by atoms with Crippen LogP contribution in [0.15, 0.2) is 96.0 Å². The molecule has 0 spiro atoms. The van der Waals surface area contributed by atoms with Gasteiger partial charge in [0.2, 0.25) is 4.80 Å². The summed E-state index contributed by atoms with van der Waals surface area (Å²) in [5.74, 6) is 0.904. The summed E-state index contributed by atoms with van der Waals surface area (Å²) in [6, 6.07) is 30.4. The molecule has 3 aromatic carbocycles. The Morgan fingerprint density at radius 1 is 0.708 bits per heavy atom. The quantitative estimate of drug-likeness (QED) is 0.529. The summed E-state index contributed by atoms with van der Waals surface area (Å²) in [4.78, 5) is 5.64. The molecule has 0 fully saturated rings. The van der Waals surface area contributed by atoms with Gasteiger partial charge in [-0.2, -0.15) is 4.37 Å². The maximum absolute atomic E-state index is 4.78. The van der Waals surface area contributed by atoms with Crippen molar-refractivity contribution < 1.29 is 0 Å². The summed E-state index contributed by atoms with van der Waals surface area (Å²) >= 11 is 1.41. The minimum absolute atomic E-state index is 0.853. The van der Waals surface area contributed by atoms with Crippen molar-refractivity contribution in [2.45, 2.75) is 0 Å². The number of rotatable bonds is 3. The molecule has 0 amide bonds. The summed E-state index contributed by atoms with van der Waals surface area (Å²) in [5.41, 5.74) is 3.05. The SMILES string of the molecule is c1ccc(N=c2snc(-c3ccccc3)n2-c2ccccc2)cc1. The number of nitrogens with zero attached hydrogens (tertiary/aromatic N) is 3. The second-order valence-electron chi connectivity index (χ2n) is 5.27. The van der Waals surface area contributed by atoms with Crippen molar-refractivity contribution in [2.75, 3.05) is 0 Å². The van der Waals surface area contributed by atoms with E-state index < -0.39 is 0 Å². The molecule has 0 bridgehead atoms. The van der Waals surface area contributed by atoms with Gasteiger partial charge in [-0.1, -0.05) is 66.7 Å². The minimum atomic E-state index is 0.853. The van der Waals surface area contributed by atoms with E-state index in [0.717, 1.165) is 27.6 Å². The van der Waals surface area contributed by atoms with Crippen LogP contribution >= 0.6 is 11.5 Å². The molecule has 1 aromatic heterocycles. The van der Waals surface area contributed by atoms with Crippen LogP contribution in [0.1, 0.15) is 0 Å². The lowest BCUT2D eigenvalue weighted by atomic mass is 10.2. The number of para-hydroxylation sites is 2. The second-order valence-corrected chi connectivity index (χ2v) is 6.00. The molecule has 0 unspecified atom stereocenters. The lowest BCUT2D eigenvalue weighted by molar-refractivity contribution is 0.996. The van der Waals surface area contributed by atoms with Gasteiger partial charge < -0.3 is 0 Å². The van der Waals surface area contributed by atoms with E-state index >= 15 is 0 Å². The van der Waals surface area contributed by atoms with Gasteiger partial charge in [0.25, 0.3) is 0 Å². The highest BCUT2D eigenvalue weighted by Crippen LogP contribution is 2.21. The number of hydrogen-bond acceptors (Lipinski definition) is 3. The third-order valence-corrected chi connectivity index (χ3v) is 4.35. The molecular formula is C20H15N3S. The van der Waals surface area contributed by atoms with E-state index in [0.29, 0.717) is 0 Å². The molecular weight excluding hydrogens is 314 g/mol. The Morgan fingerprint density at radius 2 is 1.29 bits per heavy atom. The molecule has 24 heavy (non-hydrogen) atoms. The van der Waals surface area contributed by atoms with Crippen LogP contribution in [0.4, 0.5) is 5.69 Å². The van der Waals surface area contributed by atoms with Crippen LogP contribution in [0.25, 0.3) is 17.1 Å². The summed E-state index contributed by atoms with van der Waals surface area (Å²) < 4.78 is 6.77. The van der Waals surface area contributed by atoms with Gasteiger partial charge in [0.1, 0.15) is 0 Å². The normalized spacial score (nSPS) is 11.6. The Hall–Kier alpha value is -2.98. The summed E-state index contributed by atoms with van der Waals surface area (Å²) in [6.45, 7) is 0. The maximum Gasteiger partial charge on any atom is 0.214 e. The molecule has 116 valence electrons. The van der Waals surface area contributed by atoms with Crippen LogP contribution in [0, 0.1) is 0 Å². The molecule has 1 heterocycles. The molecule has 4 aromatic rings. The van der Waals surface area contributed by atoms with Gasteiger partial charge in [-0.25, -0.2) is 4.99 Å². The average molecular weight is 329 g/mol. The van der Waals surface area contributed by atoms with E-state index in [4.69, 9.17) is 4.99 Å². The van der Waals surface area contributed by atoms with E-state index in [1.54, 1.807) is 0 Å². The van der Waals surface area contributed by atoms with Crippen LogP contribution < -0.4 is 4.80 Å². The van der Waals surface area contributed by atoms with Gasteiger partial charge in [0.05, 0.1) is 5.69 Å². The van der Waals surface area contributed by atoms with Gasteiger partial charge in [-0.3, -0.25) is 4.57 Å². The van der Waals surface area contributed by atoms with Crippen molar-refractivity contribution in [2.24, 2.45) is 4.99 Å². The van der Waals surface area contributed by atoms with Gasteiger partial charge in [0.15, 0.2) is 5.82 Å². The molecule has 0 saturated carbocycles. The average Bonchev–Trinajstić information content (AvgIpc) is 3.07. The fourth-order valence-corrected chi connectivity index (χ4v) is 3.29. The molecule has 0 saturated heterocycles. The van der Waals surface area contributed by atoms with Crippen molar-refractivity contribution in [1.29, 1.82) is 0 Å². The van der Waals surface area contributed by atoms with E-state index in [9.17, 15) is 0 Å². The highest BCUT2D eigenvalue weighted by atomic mass is 32.1. The largest absolute Gasteiger partial charge is 0.268 e. The molecule has 0 aliphatic rings. The van der Waals surface area contributed by atoms with E-state index in [-0.39, 0.29) is 0 Å². The van der Waals surface area contributed by atoms with E-state index in [1.165, 1.54) is 11.5 Å². The summed E-state index contributed by atoms with van der Waals surface area (Å²) in [6.07, 6.45) is 0. The molecule has 0 aliphatic carbocycles. The third-order valence-electron chi connectivity index (χ3n) is 3.64. The zero-order valence-corrected chi connectivity index (χ0v) is 13.7. The summed E-state index contributed by atoms with van der Waals surface area (Å²) in [7, 11) is 0. The summed E-state index contributed by atoms with van der Waals surface area (Å²) in [5, 5.41) is 0. The van der Waals surface area contributed by atoms with Gasteiger partial charge in [-0.05, 0) is 24.3 Å². The smallest absolute Gasteiger partial charge is 0.214 e. The molecule has 0 atom stereocenters. The first-order valence-electron chi connectivity index (χ1n) is 7.71. The molecule has 4 rings (SSSR count). The van der Waals surface area contributed by atoms with Crippen molar-refractivity contribution in [3.63, 3.8) is 0 Å². The van der Waals surface area contributed by atoms with Crippen molar-refractivity contribution in [3.8, 4) is 17.1 Å². The van der Waals surface area contributed by atoms with E-state index in [2.05, 4.69) is 33.2 Å². The first-order chi connectivity index (χ1) is 11.9. The van der Waals surface area contributed by atoms with Gasteiger partial charge in [0, 0.05) is 22.8 Å². The lowest BCUT2D eigenvalue weighted by Crippen LogP contribution is -2.13. The van der Waals surface area contributed by atoms with Crippen LogP contribution in [-0.4, -0.2) is 8.94 Å². The van der Waals surface area contributed by atoms with Crippen LogP contribution in [0.2, 0.25) is 0 Å². The van der Waals surface area contributed by atoms with Crippen molar-refractivity contribution in [1.82, 2.24) is 8.94 Å². The number of hydrogen-bond donors (Lipinski definition) is 0. The minimum Gasteiger partial charge on any atom is -0.268 e. The molecule has 3 nitrogen and oxygen atoms in total. The highest BCUT2D eigenvalue weighted by molar-refractivity contribution is 7.03. The van der Waals surface area contributed by atoms with Gasteiger partial charge >= 0.3 is 0 Å². The highest BCUT2D eigenvalue weighted by Gasteiger charge is 2.11. The second kappa shape index (κ2) is 6.64. The monoisotopic (exact) mass is 329 g/mol. The molecule has 0 aliphatic heterocycles. The Labute approximate surface area is 144 Å². The Bertz CT molecular complexity index is 987. The van der Waals surface area contributed by atoms with Crippen molar-refractivity contribution in [3.05, 3.63) is 95.8 Å². The number of aromatic nitrogens is 2.